The zero-order valence-electron chi connectivity index (χ0n) is 64.1. The summed E-state index contributed by atoms with van der Waals surface area (Å²) in [7, 11) is -9.78. The van der Waals surface area contributed by atoms with Crippen LogP contribution in [0.5, 0.6) is 0 Å². The number of carbonyl (C=O) groups excluding carboxylic acids is 3. The smallest absolute Gasteiger partial charge is 0.463 e. The molecule has 0 aliphatic heterocycles. The molecule has 0 radical (unpaired) electrons. The second-order valence-electron chi connectivity index (χ2n) is 27.2. The van der Waals surface area contributed by atoms with Crippen LogP contribution in [0.15, 0.2) is 97.2 Å². The van der Waals surface area contributed by atoms with Crippen molar-refractivity contribution in [2.75, 3.05) is 39.6 Å². The molecular formula is C83H148O16P2. The van der Waals surface area contributed by atoms with Gasteiger partial charge in [-0.1, -0.05) is 336 Å². The van der Waals surface area contributed by atoms with Gasteiger partial charge < -0.3 is 34.2 Å². The van der Waals surface area contributed by atoms with Crippen LogP contribution in [-0.2, 0) is 55.8 Å². The highest BCUT2D eigenvalue weighted by Gasteiger charge is 2.29. The number of carbonyl (C=O) groups is 3. The van der Waals surface area contributed by atoms with E-state index in [1.165, 1.54) is 167 Å². The normalized spacial score (nSPS) is 14.5. The van der Waals surface area contributed by atoms with Crippen LogP contribution in [0, 0.1) is 0 Å². The maximum atomic E-state index is 12.9. The number of unbranched alkanes of at least 4 members (excludes halogenated alkanes) is 38. The largest absolute Gasteiger partial charge is 0.472 e. The van der Waals surface area contributed by atoms with Gasteiger partial charge in [-0.3, -0.25) is 32.5 Å². The highest BCUT2D eigenvalue weighted by Crippen LogP contribution is 2.45. The summed E-state index contributed by atoms with van der Waals surface area (Å²) in [5.74, 6) is -1.58. The first-order chi connectivity index (χ1) is 49.2. The molecule has 0 aliphatic rings. The van der Waals surface area contributed by atoms with E-state index in [2.05, 4.69) is 118 Å². The third-order valence-corrected chi connectivity index (χ3v) is 19.2. The molecule has 0 saturated heterocycles. The van der Waals surface area contributed by atoms with E-state index >= 15 is 0 Å². The first-order valence-electron chi connectivity index (χ1n) is 40.5. The van der Waals surface area contributed by atoms with Gasteiger partial charge in [0.25, 0.3) is 0 Å². The number of aliphatic hydroxyl groups excluding tert-OH is 2. The van der Waals surface area contributed by atoms with Gasteiger partial charge in [-0.25, -0.2) is 9.13 Å². The van der Waals surface area contributed by atoms with E-state index in [9.17, 15) is 43.5 Å². The van der Waals surface area contributed by atoms with Gasteiger partial charge in [-0.15, -0.1) is 0 Å². The summed E-state index contributed by atoms with van der Waals surface area (Å²) in [4.78, 5) is 58.6. The Balaban J connectivity index is 4.33. The Morgan fingerprint density at radius 3 is 0.832 bits per heavy atom. The van der Waals surface area contributed by atoms with E-state index in [1.54, 1.807) is 0 Å². The lowest BCUT2D eigenvalue weighted by Gasteiger charge is -2.21. The summed E-state index contributed by atoms with van der Waals surface area (Å²) in [5.41, 5.74) is 0. The van der Waals surface area contributed by atoms with Crippen molar-refractivity contribution in [3.63, 3.8) is 0 Å². The summed E-state index contributed by atoms with van der Waals surface area (Å²) in [6.07, 6.45) is 87.7. The van der Waals surface area contributed by atoms with E-state index in [0.29, 0.717) is 19.3 Å². The lowest BCUT2D eigenvalue weighted by Crippen LogP contribution is -2.30. The minimum Gasteiger partial charge on any atom is -0.463 e. The quantitative estimate of drug-likeness (QED) is 0.0146. The molecule has 586 valence electrons. The lowest BCUT2D eigenvalue weighted by atomic mass is 10.0. The van der Waals surface area contributed by atoms with Crippen LogP contribution >= 0.6 is 15.6 Å². The molecule has 0 fully saturated rings. The molecular weight excluding hydrogens is 1310 g/mol. The summed E-state index contributed by atoms with van der Waals surface area (Å²) in [6.45, 7) is 2.48. The minimum atomic E-state index is -4.93. The number of rotatable bonds is 77. The first-order valence-corrected chi connectivity index (χ1v) is 43.5. The van der Waals surface area contributed by atoms with Crippen molar-refractivity contribution in [2.45, 2.75) is 373 Å². The molecule has 0 bridgehead atoms. The van der Waals surface area contributed by atoms with Gasteiger partial charge in [-0.05, 0) is 96.3 Å². The number of hydrogen-bond donors (Lipinski definition) is 4. The maximum Gasteiger partial charge on any atom is 0.472 e. The monoisotopic (exact) mass is 1460 g/mol. The van der Waals surface area contributed by atoms with Gasteiger partial charge in [0.1, 0.15) is 25.4 Å². The second kappa shape index (κ2) is 76.1. The van der Waals surface area contributed by atoms with E-state index in [0.717, 1.165) is 128 Å². The molecule has 101 heavy (non-hydrogen) atoms. The average molecular weight is 1460 g/mol. The number of ether oxygens (including phenoxy) is 3. The van der Waals surface area contributed by atoms with Gasteiger partial charge in [0.05, 0.1) is 26.4 Å². The van der Waals surface area contributed by atoms with Crippen molar-refractivity contribution in [2.24, 2.45) is 0 Å². The summed E-state index contributed by atoms with van der Waals surface area (Å²) >= 11 is 0. The number of phosphoric ester groups is 2. The predicted octanol–water partition coefficient (Wildman–Crippen LogP) is 23.8. The third-order valence-electron chi connectivity index (χ3n) is 17.3. The van der Waals surface area contributed by atoms with Crippen molar-refractivity contribution in [1.82, 2.24) is 0 Å². The maximum absolute atomic E-state index is 12.9. The van der Waals surface area contributed by atoms with E-state index < -0.39 is 91.5 Å². The topological polar surface area (TPSA) is 231 Å². The van der Waals surface area contributed by atoms with Crippen LogP contribution in [0.3, 0.4) is 0 Å². The molecule has 16 nitrogen and oxygen atoms in total. The van der Waals surface area contributed by atoms with Crippen LogP contribution in [0.1, 0.15) is 355 Å². The van der Waals surface area contributed by atoms with E-state index in [1.807, 2.05) is 0 Å². The molecule has 0 saturated carbocycles. The van der Waals surface area contributed by atoms with Gasteiger partial charge in [-0.2, -0.15) is 0 Å². The number of esters is 3. The van der Waals surface area contributed by atoms with Crippen LogP contribution < -0.4 is 0 Å². The Morgan fingerprint density at radius 2 is 0.525 bits per heavy atom. The molecule has 0 heterocycles. The minimum absolute atomic E-state index is 0.106. The van der Waals surface area contributed by atoms with E-state index in [-0.39, 0.29) is 19.3 Å². The number of aliphatic hydroxyl groups is 2. The fourth-order valence-corrected chi connectivity index (χ4v) is 12.8. The number of hydrogen-bond acceptors (Lipinski definition) is 14. The summed E-state index contributed by atoms with van der Waals surface area (Å²) in [6, 6.07) is 0. The summed E-state index contributed by atoms with van der Waals surface area (Å²) in [5, 5.41) is 20.6. The van der Waals surface area contributed by atoms with Crippen molar-refractivity contribution in [3.8, 4) is 0 Å². The molecule has 5 unspecified atom stereocenters. The van der Waals surface area contributed by atoms with Crippen LogP contribution in [0.4, 0.5) is 0 Å². The Labute approximate surface area is 616 Å². The van der Waals surface area contributed by atoms with Gasteiger partial charge in [0.15, 0.2) is 6.10 Å². The average Bonchev–Trinajstić information content (AvgIpc) is 1.74. The summed E-state index contributed by atoms with van der Waals surface area (Å²) < 4.78 is 61.1. The standard InChI is InChI=1S/C83H148O16P2/c1-4-7-10-13-16-19-22-25-28-29-30-31-32-33-34-35-36-37-38-39-40-41-42-43-44-45-46-47-50-52-54-57-60-63-66-69-81(86)93-72-78(84)73-95-100(89,90)96-74-79(85)75-97-101(91,92)98-77-80(99-83(88)71-68-65-62-59-56-53-49-27-24-21-18-15-12-9-6-3)76-94-82(87)70-67-64-61-58-55-51-48-26-23-20-17-14-11-8-5-2/h7-8,10-11,16-17,19-20,25-26,28,30-31,33-34,48,78-80,84-85H,4-6,9,12-15,18,21-24,27,29,32,35-47,49-77H2,1-3H3,(H,89,90)(H,91,92)/b10-7-,11-8-,19-16-,20-17-,28-25-,31-30-,34-33-,48-26-. The van der Waals surface area contributed by atoms with Crippen molar-refractivity contribution >= 4 is 33.6 Å². The Hall–Kier alpha value is -3.53. The molecule has 0 aliphatic carbocycles. The zero-order chi connectivity index (χ0) is 73.7. The molecule has 0 aromatic heterocycles. The fraction of sp³-hybridized carbons (Fsp3) is 0.771. The Bertz CT molecular complexity index is 2220. The number of allylic oxidation sites excluding steroid dienone is 16. The predicted molar refractivity (Wildman–Crippen MR) is 417 cm³/mol. The highest BCUT2D eigenvalue weighted by atomic mass is 31.2. The third kappa shape index (κ3) is 77.4. The van der Waals surface area contributed by atoms with Gasteiger partial charge >= 0.3 is 33.6 Å². The Morgan fingerprint density at radius 1 is 0.287 bits per heavy atom. The van der Waals surface area contributed by atoms with Crippen LogP contribution in [0.25, 0.3) is 0 Å². The van der Waals surface area contributed by atoms with Crippen LogP contribution in [-0.4, -0.2) is 95.9 Å². The van der Waals surface area contributed by atoms with Gasteiger partial charge in [0.2, 0.25) is 0 Å². The highest BCUT2D eigenvalue weighted by molar-refractivity contribution is 7.47. The van der Waals surface area contributed by atoms with Crippen molar-refractivity contribution in [3.05, 3.63) is 97.2 Å². The van der Waals surface area contributed by atoms with Crippen LogP contribution in [0.2, 0.25) is 0 Å². The molecule has 0 aromatic rings. The second-order valence-corrected chi connectivity index (χ2v) is 30.1. The fourth-order valence-electron chi connectivity index (χ4n) is 11.2. The molecule has 4 N–H and O–H groups in total. The zero-order valence-corrected chi connectivity index (χ0v) is 65.9. The molecule has 0 rings (SSSR count). The molecule has 0 spiro atoms. The SMILES string of the molecule is CC/C=C\C/C=C\C/C=C\C/C=C\C/C=C\CCCCCCCCCCCCCCCCCCCCCC(=O)OCC(O)COP(=O)(O)OCC(O)COP(=O)(O)OCC(COC(=O)CCCCCCC/C=C\C/C=C\C/C=C\CC)OC(=O)CCCCCCCCCCCCCCCCC. The molecule has 0 amide bonds. The van der Waals surface area contributed by atoms with Crippen molar-refractivity contribution < 1.29 is 75.8 Å². The Kier molecular flexibility index (Phi) is 73.5. The lowest BCUT2D eigenvalue weighted by molar-refractivity contribution is -0.161. The van der Waals surface area contributed by atoms with Crippen molar-refractivity contribution in [1.29, 1.82) is 0 Å². The van der Waals surface area contributed by atoms with Gasteiger partial charge in [0, 0.05) is 19.3 Å². The molecule has 0 aromatic carbocycles. The molecule has 18 heteroatoms. The number of phosphoric acid groups is 2. The first kappa shape index (κ1) is 97.5. The molecule has 5 atom stereocenters. The van der Waals surface area contributed by atoms with E-state index in [4.69, 9.17) is 32.3 Å².